The lowest BCUT2D eigenvalue weighted by Crippen LogP contribution is -2.44. The standard InChI is InChI=1S/C12H13ClF3N3O2/c1-6(10(20)19-11(21)17-2)18-7-3-4-9(13)8(5-7)12(14,15)16/h3-6,18H,1-2H3,(H2,17,19,20,21). The van der Waals surface area contributed by atoms with Crippen molar-refractivity contribution in [3.05, 3.63) is 28.8 Å². The molecule has 0 radical (unpaired) electrons. The summed E-state index contributed by atoms with van der Waals surface area (Å²) in [6.45, 7) is 1.40. The van der Waals surface area contributed by atoms with Gasteiger partial charge in [0.1, 0.15) is 6.04 Å². The molecule has 1 atom stereocenters. The summed E-state index contributed by atoms with van der Waals surface area (Å²) < 4.78 is 38.1. The lowest BCUT2D eigenvalue weighted by Gasteiger charge is -2.16. The van der Waals surface area contributed by atoms with E-state index in [1.807, 2.05) is 5.32 Å². The first-order chi connectivity index (χ1) is 9.65. The molecule has 21 heavy (non-hydrogen) atoms. The zero-order valence-electron chi connectivity index (χ0n) is 11.1. The van der Waals surface area contributed by atoms with Gasteiger partial charge in [-0.1, -0.05) is 11.6 Å². The molecule has 0 aromatic heterocycles. The van der Waals surface area contributed by atoms with Crippen LogP contribution in [-0.4, -0.2) is 25.0 Å². The van der Waals surface area contributed by atoms with Crippen LogP contribution in [0, 0.1) is 0 Å². The summed E-state index contributed by atoms with van der Waals surface area (Å²) in [5, 5.41) is 6.32. The van der Waals surface area contributed by atoms with Crippen LogP contribution in [0.25, 0.3) is 0 Å². The fraction of sp³-hybridized carbons (Fsp3) is 0.333. The van der Waals surface area contributed by atoms with Gasteiger partial charge in [-0.15, -0.1) is 0 Å². The minimum atomic E-state index is -4.59. The van der Waals surface area contributed by atoms with Gasteiger partial charge in [-0.2, -0.15) is 13.2 Å². The summed E-state index contributed by atoms with van der Waals surface area (Å²) in [7, 11) is 1.33. The maximum atomic E-state index is 12.7. The van der Waals surface area contributed by atoms with Gasteiger partial charge in [0.05, 0.1) is 10.6 Å². The average molecular weight is 324 g/mol. The molecule has 0 bridgehead atoms. The van der Waals surface area contributed by atoms with Crippen molar-refractivity contribution in [2.24, 2.45) is 0 Å². The van der Waals surface area contributed by atoms with Gasteiger partial charge < -0.3 is 10.6 Å². The number of hydrogen-bond donors (Lipinski definition) is 3. The topological polar surface area (TPSA) is 70.2 Å². The summed E-state index contributed by atoms with van der Waals surface area (Å²) in [5.41, 5.74) is -0.945. The van der Waals surface area contributed by atoms with E-state index in [1.54, 1.807) is 0 Å². The number of nitrogens with one attached hydrogen (secondary N) is 3. The van der Waals surface area contributed by atoms with Crippen LogP contribution >= 0.6 is 11.6 Å². The van der Waals surface area contributed by atoms with Gasteiger partial charge in [-0.25, -0.2) is 4.79 Å². The Morgan fingerprint density at radius 2 is 1.90 bits per heavy atom. The number of rotatable bonds is 3. The molecule has 0 aliphatic rings. The van der Waals surface area contributed by atoms with Gasteiger partial charge in [-0.3, -0.25) is 10.1 Å². The van der Waals surface area contributed by atoms with Crippen LogP contribution in [0.2, 0.25) is 5.02 Å². The highest BCUT2D eigenvalue weighted by atomic mass is 35.5. The van der Waals surface area contributed by atoms with Crippen molar-refractivity contribution < 1.29 is 22.8 Å². The maximum absolute atomic E-state index is 12.7. The zero-order chi connectivity index (χ0) is 16.2. The number of amides is 3. The zero-order valence-corrected chi connectivity index (χ0v) is 11.9. The van der Waals surface area contributed by atoms with Crippen molar-refractivity contribution in [1.29, 1.82) is 0 Å². The smallest absolute Gasteiger partial charge is 0.374 e. The molecule has 0 spiro atoms. The van der Waals surface area contributed by atoms with Gasteiger partial charge in [0.2, 0.25) is 5.91 Å². The molecule has 0 fully saturated rings. The van der Waals surface area contributed by atoms with E-state index in [0.29, 0.717) is 0 Å². The molecule has 0 heterocycles. The third kappa shape index (κ3) is 4.82. The molecule has 0 saturated heterocycles. The van der Waals surface area contributed by atoms with Crippen LogP contribution in [0.1, 0.15) is 12.5 Å². The van der Waals surface area contributed by atoms with Gasteiger partial charge in [0, 0.05) is 12.7 Å². The number of anilines is 1. The van der Waals surface area contributed by atoms with Crippen LogP contribution in [0.4, 0.5) is 23.7 Å². The molecule has 5 nitrogen and oxygen atoms in total. The molecule has 1 unspecified atom stereocenters. The fourth-order valence-electron chi connectivity index (χ4n) is 1.43. The lowest BCUT2D eigenvalue weighted by atomic mass is 10.1. The Labute approximate surface area is 123 Å². The highest BCUT2D eigenvalue weighted by molar-refractivity contribution is 6.31. The first-order valence-electron chi connectivity index (χ1n) is 5.81. The van der Waals surface area contributed by atoms with Gasteiger partial charge in [0.15, 0.2) is 0 Å². The third-order valence-corrected chi connectivity index (χ3v) is 2.84. The summed E-state index contributed by atoms with van der Waals surface area (Å²) in [6, 6.07) is 1.56. The number of alkyl halides is 3. The van der Waals surface area contributed by atoms with Crippen LogP contribution in [0.15, 0.2) is 18.2 Å². The highest BCUT2D eigenvalue weighted by Crippen LogP contribution is 2.36. The molecule has 1 aromatic rings. The molecule has 116 valence electrons. The second kappa shape index (κ2) is 6.66. The van der Waals surface area contributed by atoms with Crippen LogP contribution < -0.4 is 16.0 Å². The van der Waals surface area contributed by atoms with Gasteiger partial charge in [0.25, 0.3) is 0 Å². The molecule has 3 N–H and O–H groups in total. The molecule has 3 amide bonds. The fourth-order valence-corrected chi connectivity index (χ4v) is 1.66. The monoisotopic (exact) mass is 323 g/mol. The Bertz CT molecular complexity index is 549. The minimum absolute atomic E-state index is 0.0614. The first kappa shape index (κ1) is 17.1. The molecule has 1 rings (SSSR count). The maximum Gasteiger partial charge on any atom is 0.417 e. The quantitative estimate of drug-likeness (QED) is 0.801. The summed E-state index contributed by atoms with van der Waals surface area (Å²) in [4.78, 5) is 22.6. The number of imide groups is 1. The normalized spacial score (nSPS) is 12.5. The molecule has 0 saturated carbocycles. The minimum Gasteiger partial charge on any atom is -0.374 e. The lowest BCUT2D eigenvalue weighted by molar-refractivity contribution is -0.137. The largest absolute Gasteiger partial charge is 0.417 e. The molecule has 0 aliphatic carbocycles. The number of carbonyl (C=O) groups is 2. The van der Waals surface area contributed by atoms with Crippen molar-refractivity contribution in [2.45, 2.75) is 19.1 Å². The summed E-state index contributed by atoms with van der Waals surface area (Å²) >= 11 is 5.49. The Hall–Kier alpha value is -1.96. The predicted molar refractivity (Wildman–Crippen MR) is 72.1 cm³/mol. The van der Waals surface area contributed by atoms with Crippen molar-refractivity contribution in [3.8, 4) is 0 Å². The number of carbonyl (C=O) groups excluding carboxylic acids is 2. The average Bonchev–Trinajstić information content (AvgIpc) is 2.39. The molecule has 0 aliphatic heterocycles. The Morgan fingerprint density at radius 3 is 2.43 bits per heavy atom. The summed E-state index contributed by atoms with van der Waals surface area (Å²) in [6.07, 6.45) is -4.59. The first-order valence-corrected chi connectivity index (χ1v) is 6.18. The van der Waals surface area contributed by atoms with Crippen molar-refractivity contribution >= 4 is 29.2 Å². The van der Waals surface area contributed by atoms with Crippen molar-refractivity contribution in [2.75, 3.05) is 12.4 Å². The summed E-state index contributed by atoms with van der Waals surface area (Å²) in [5.74, 6) is -0.683. The van der Waals surface area contributed by atoms with E-state index in [9.17, 15) is 22.8 Å². The van der Waals surface area contributed by atoms with E-state index < -0.39 is 34.7 Å². The Balaban J connectivity index is 2.84. The SMILES string of the molecule is CNC(=O)NC(=O)C(C)Nc1ccc(Cl)c(C(F)(F)F)c1. The van der Waals surface area contributed by atoms with E-state index in [1.165, 1.54) is 20.0 Å². The van der Waals surface area contributed by atoms with E-state index in [4.69, 9.17) is 11.6 Å². The van der Waals surface area contributed by atoms with Gasteiger partial charge >= 0.3 is 12.2 Å². The Morgan fingerprint density at radius 1 is 1.29 bits per heavy atom. The number of benzene rings is 1. The van der Waals surface area contributed by atoms with Crippen molar-refractivity contribution in [1.82, 2.24) is 10.6 Å². The van der Waals surface area contributed by atoms with Crippen LogP contribution in [-0.2, 0) is 11.0 Å². The Kier molecular flexibility index (Phi) is 5.42. The van der Waals surface area contributed by atoms with E-state index in [-0.39, 0.29) is 5.69 Å². The highest BCUT2D eigenvalue weighted by Gasteiger charge is 2.33. The van der Waals surface area contributed by atoms with E-state index in [0.717, 1.165) is 12.1 Å². The molecule has 9 heteroatoms. The predicted octanol–water partition coefficient (Wildman–Crippen LogP) is 2.61. The van der Waals surface area contributed by atoms with Crippen molar-refractivity contribution in [3.63, 3.8) is 0 Å². The van der Waals surface area contributed by atoms with E-state index >= 15 is 0 Å². The molecular weight excluding hydrogens is 311 g/mol. The van der Waals surface area contributed by atoms with E-state index in [2.05, 4.69) is 10.6 Å². The number of hydrogen-bond acceptors (Lipinski definition) is 3. The molecular formula is C12H13ClF3N3O2. The second-order valence-electron chi connectivity index (χ2n) is 4.13. The number of halogens is 4. The third-order valence-electron chi connectivity index (χ3n) is 2.51. The van der Waals surface area contributed by atoms with Gasteiger partial charge in [-0.05, 0) is 25.1 Å². The molecule has 1 aromatic carbocycles. The van der Waals surface area contributed by atoms with Crippen LogP contribution in [0.3, 0.4) is 0 Å². The number of urea groups is 1. The second-order valence-corrected chi connectivity index (χ2v) is 4.53. The van der Waals surface area contributed by atoms with Crippen LogP contribution in [0.5, 0.6) is 0 Å².